The number of hydrogen-bond donors (Lipinski definition) is 1. The van der Waals surface area contributed by atoms with Crippen LogP contribution in [0.2, 0.25) is 0 Å². The predicted molar refractivity (Wildman–Crippen MR) is 130 cm³/mol. The van der Waals surface area contributed by atoms with Gasteiger partial charge in [-0.1, -0.05) is 48.5 Å². The molecule has 2 unspecified atom stereocenters. The molecule has 5 heteroatoms. The summed E-state index contributed by atoms with van der Waals surface area (Å²) in [4.78, 5) is 9.97. The van der Waals surface area contributed by atoms with Gasteiger partial charge in [-0.05, 0) is 75.6 Å². The Hall–Kier alpha value is -1.69. The van der Waals surface area contributed by atoms with Gasteiger partial charge in [0.25, 0.3) is 0 Å². The lowest BCUT2D eigenvalue weighted by Gasteiger charge is -2.35. The van der Waals surface area contributed by atoms with Crippen molar-refractivity contribution in [2.45, 2.75) is 46.5 Å². The highest BCUT2D eigenvalue weighted by molar-refractivity contribution is 5.98. The normalized spacial score (nSPS) is 23.0. The smallest absolute Gasteiger partial charge is 0.106 e. The number of rotatable bonds is 13. The standard InChI is InChI=1S/C26H43N3O2/c1-6-24(22(3)27-31-5)19-28(4)17-15-26(7-2)21-29(20-25(26)14-18-30)16-13-23-11-9-8-10-12-23/h6,8-12,25,30H,7,13-21H2,1-5H3/b24-6+,27-22-. The minimum atomic E-state index is 0.277. The monoisotopic (exact) mass is 429 g/mol. The predicted octanol–water partition coefficient (Wildman–Crippen LogP) is 4.23. The molecule has 0 aliphatic carbocycles. The lowest BCUT2D eigenvalue weighted by Crippen LogP contribution is -2.36. The molecule has 2 rings (SSSR count). The Morgan fingerprint density at radius 1 is 1.35 bits per heavy atom. The molecule has 174 valence electrons. The average Bonchev–Trinajstić information content (AvgIpc) is 3.13. The van der Waals surface area contributed by atoms with Crippen molar-refractivity contribution in [3.05, 3.63) is 47.5 Å². The largest absolute Gasteiger partial charge is 0.399 e. The van der Waals surface area contributed by atoms with Gasteiger partial charge >= 0.3 is 0 Å². The molecule has 1 N–H and O–H groups in total. The van der Waals surface area contributed by atoms with Crippen LogP contribution in [0.3, 0.4) is 0 Å². The third kappa shape index (κ3) is 7.44. The maximum atomic E-state index is 9.73. The van der Waals surface area contributed by atoms with Crippen LogP contribution < -0.4 is 0 Å². The van der Waals surface area contributed by atoms with Crippen LogP contribution in [0.5, 0.6) is 0 Å². The van der Waals surface area contributed by atoms with E-state index in [4.69, 9.17) is 4.84 Å². The van der Waals surface area contributed by atoms with Crippen LogP contribution in [0.1, 0.15) is 45.6 Å². The lowest BCUT2D eigenvalue weighted by molar-refractivity contribution is 0.136. The second-order valence-electron chi connectivity index (χ2n) is 9.06. The Kier molecular flexibility index (Phi) is 10.7. The van der Waals surface area contributed by atoms with Gasteiger partial charge in [0.1, 0.15) is 7.11 Å². The van der Waals surface area contributed by atoms with Gasteiger partial charge in [-0.2, -0.15) is 0 Å². The Balaban J connectivity index is 1.98. The third-order valence-corrected chi connectivity index (χ3v) is 7.10. The topological polar surface area (TPSA) is 48.3 Å². The molecule has 0 saturated carbocycles. The molecule has 1 heterocycles. The number of oxime groups is 1. The van der Waals surface area contributed by atoms with E-state index < -0.39 is 0 Å². The first-order chi connectivity index (χ1) is 15.0. The summed E-state index contributed by atoms with van der Waals surface area (Å²) in [7, 11) is 3.78. The molecule has 0 aromatic heterocycles. The van der Waals surface area contributed by atoms with E-state index in [1.54, 1.807) is 7.11 Å². The van der Waals surface area contributed by atoms with Crippen LogP contribution >= 0.6 is 0 Å². The molecule has 1 aromatic rings. The number of aliphatic hydroxyl groups is 1. The Morgan fingerprint density at radius 2 is 2.10 bits per heavy atom. The van der Waals surface area contributed by atoms with E-state index in [1.807, 2.05) is 6.92 Å². The highest BCUT2D eigenvalue weighted by atomic mass is 16.6. The third-order valence-electron chi connectivity index (χ3n) is 7.10. The first-order valence-corrected chi connectivity index (χ1v) is 11.8. The molecule has 5 nitrogen and oxygen atoms in total. The molecule has 1 aliphatic rings. The van der Waals surface area contributed by atoms with Crippen molar-refractivity contribution in [1.29, 1.82) is 0 Å². The second-order valence-corrected chi connectivity index (χ2v) is 9.06. The zero-order valence-electron chi connectivity index (χ0n) is 20.3. The molecule has 0 spiro atoms. The average molecular weight is 430 g/mol. The van der Waals surface area contributed by atoms with Crippen LogP contribution in [0.25, 0.3) is 0 Å². The number of benzene rings is 1. The van der Waals surface area contributed by atoms with E-state index in [9.17, 15) is 5.11 Å². The van der Waals surface area contributed by atoms with Gasteiger partial charge in [-0.25, -0.2) is 0 Å². The number of allylic oxidation sites excluding steroid dienone is 1. The quantitative estimate of drug-likeness (QED) is 0.377. The van der Waals surface area contributed by atoms with Crippen LogP contribution in [-0.4, -0.2) is 74.1 Å². The summed E-state index contributed by atoms with van der Waals surface area (Å²) in [6, 6.07) is 10.8. The van der Waals surface area contributed by atoms with Gasteiger partial charge in [0.05, 0.1) is 5.71 Å². The molecule has 0 bridgehead atoms. The number of likely N-dealkylation sites (tertiary alicyclic amines) is 1. The van der Waals surface area contributed by atoms with Crippen molar-refractivity contribution < 1.29 is 9.94 Å². The zero-order chi connectivity index (χ0) is 22.7. The van der Waals surface area contributed by atoms with Gasteiger partial charge in [0.2, 0.25) is 0 Å². The summed E-state index contributed by atoms with van der Waals surface area (Å²) in [5.41, 5.74) is 3.83. The molecule has 31 heavy (non-hydrogen) atoms. The fraction of sp³-hybridized carbons (Fsp3) is 0.654. The summed E-state index contributed by atoms with van der Waals surface area (Å²) >= 11 is 0. The summed E-state index contributed by atoms with van der Waals surface area (Å²) in [5, 5.41) is 13.8. The molecule has 1 aromatic carbocycles. The highest BCUT2D eigenvalue weighted by Crippen LogP contribution is 2.44. The van der Waals surface area contributed by atoms with Gasteiger partial charge in [0.15, 0.2) is 0 Å². The van der Waals surface area contributed by atoms with Crippen molar-refractivity contribution in [1.82, 2.24) is 9.80 Å². The van der Waals surface area contributed by atoms with Crippen molar-refractivity contribution in [2.75, 3.05) is 53.5 Å². The summed E-state index contributed by atoms with van der Waals surface area (Å²) in [5.74, 6) is 0.560. The van der Waals surface area contributed by atoms with Crippen LogP contribution in [0, 0.1) is 11.3 Å². The number of nitrogens with zero attached hydrogens (tertiary/aromatic N) is 3. The first kappa shape index (κ1) is 25.6. The van der Waals surface area contributed by atoms with E-state index in [0.717, 1.165) is 64.1 Å². The molecule has 0 amide bonds. The van der Waals surface area contributed by atoms with Crippen LogP contribution in [0.15, 0.2) is 47.1 Å². The molecular weight excluding hydrogens is 386 g/mol. The maximum absolute atomic E-state index is 9.73. The second kappa shape index (κ2) is 13.0. The van der Waals surface area contributed by atoms with Gasteiger partial charge in [-0.15, -0.1) is 0 Å². The van der Waals surface area contributed by atoms with E-state index in [2.05, 4.69) is 72.3 Å². The highest BCUT2D eigenvalue weighted by Gasteiger charge is 2.44. The molecule has 1 aliphatic heterocycles. The van der Waals surface area contributed by atoms with Crippen LogP contribution in [0.4, 0.5) is 0 Å². The van der Waals surface area contributed by atoms with Gasteiger partial charge in [0, 0.05) is 32.8 Å². The molecule has 1 fully saturated rings. The Bertz CT molecular complexity index is 704. The summed E-state index contributed by atoms with van der Waals surface area (Å²) < 4.78 is 0. The van der Waals surface area contributed by atoms with E-state index >= 15 is 0 Å². The Morgan fingerprint density at radius 3 is 2.71 bits per heavy atom. The minimum Gasteiger partial charge on any atom is -0.399 e. The summed E-state index contributed by atoms with van der Waals surface area (Å²) in [6.45, 7) is 11.9. The van der Waals surface area contributed by atoms with Crippen molar-refractivity contribution in [3.63, 3.8) is 0 Å². The van der Waals surface area contributed by atoms with Crippen molar-refractivity contribution in [3.8, 4) is 0 Å². The molecule has 1 saturated heterocycles. The number of aliphatic hydroxyl groups excluding tert-OH is 1. The van der Waals surface area contributed by atoms with Crippen molar-refractivity contribution >= 4 is 5.71 Å². The van der Waals surface area contributed by atoms with E-state index in [0.29, 0.717) is 5.92 Å². The SMILES string of the molecule is C/C=C(CN(C)CCC1(CC)CN(CCc2ccccc2)CC1CCO)/C(C)=N\OC. The van der Waals surface area contributed by atoms with E-state index in [-0.39, 0.29) is 12.0 Å². The number of hydrogen-bond acceptors (Lipinski definition) is 5. The molecule has 2 atom stereocenters. The van der Waals surface area contributed by atoms with Gasteiger partial charge in [-0.3, -0.25) is 0 Å². The molecular formula is C26H43N3O2. The first-order valence-electron chi connectivity index (χ1n) is 11.8. The van der Waals surface area contributed by atoms with Crippen molar-refractivity contribution in [2.24, 2.45) is 16.5 Å². The fourth-order valence-electron chi connectivity index (χ4n) is 5.05. The summed E-state index contributed by atoms with van der Waals surface area (Å²) in [6.07, 6.45) is 6.44. The fourth-order valence-corrected chi connectivity index (χ4v) is 5.05. The molecule has 0 radical (unpaired) electrons. The lowest BCUT2D eigenvalue weighted by atomic mass is 9.72. The number of likely N-dealkylation sites (N-methyl/N-ethyl adjacent to an activating group) is 1. The van der Waals surface area contributed by atoms with Crippen LogP contribution in [-0.2, 0) is 11.3 Å². The van der Waals surface area contributed by atoms with E-state index in [1.165, 1.54) is 11.1 Å². The van der Waals surface area contributed by atoms with Gasteiger partial charge < -0.3 is 19.7 Å². The Labute approximate surface area is 189 Å². The minimum absolute atomic E-state index is 0.277. The maximum Gasteiger partial charge on any atom is 0.106 e. The zero-order valence-corrected chi connectivity index (χ0v) is 20.3.